The van der Waals surface area contributed by atoms with Crippen molar-refractivity contribution in [2.45, 2.75) is 219 Å². The molecular weight excluding hydrogens is 709 g/mol. The molecule has 4 N–H and O–H groups in total. The minimum atomic E-state index is -4.71. The van der Waals surface area contributed by atoms with E-state index in [0.29, 0.717) is 12.8 Å². The highest BCUT2D eigenvalue weighted by Crippen LogP contribution is 2.43. The number of nitrogens with two attached hydrogens (primary N) is 1. The summed E-state index contributed by atoms with van der Waals surface area (Å²) in [6.45, 7) is 2.81. The number of carboxylic acids is 1. The van der Waals surface area contributed by atoms with Crippen LogP contribution in [0.4, 0.5) is 0 Å². The van der Waals surface area contributed by atoms with Crippen LogP contribution in [0.15, 0.2) is 12.2 Å². The van der Waals surface area contributed by atoms with E-state index < -0.39 is 51.1 Å². The maximum Gasteiger partial charge on any atom is 0.472 e. The fraction of sp³-hybridized carbons (Fsp3) is 0.881. The molecule has 11 nitrogen and oxygen atoms in total. The number of hydrogen-bond acceptors (Lipinski definition) is 9. The van der Waals surface area contributed by atoms with Crippen LogP contribution in [0.5, 0.6) is 0 Å². The summed E-state index contributed by atoms with van der Waals surface area (Å²) in [6.07, 6.45) is 37.0. The van der Waals surface area contributed by atoms with E-state index in [1.165, 1.54) is 109 Å². The lowest BCUT2D eigenvalue weighted by Crippen LogP contribution is -2.34. The predicted octanol–water partition coefficient (Wildman–Crippen LogP) is 11.3. The number of carbonyl (C=O) groups excluding carboxylic acids is 2. The Morgan fingerprint density at radius 1 is 0.556 bits per heavy atom. The van der Waals surface area contributed by atoms with E-state index >= 15 is 0 Å². The van der Waals surface area contributed by atoms with E-state index in [2.05, 4.69) is 30.5 Å². The number of carbonyl (C=O) groups is 3. The van der Waals surface area contributed by atoms with Gasteiger partial charge in [0.15, 0.2) is 6.10 Å². The second kappa shape index (κ2) is 38.1. The van der Waals surface area contributed by atoms with Gasteiger partial charge in [-0.1, -0.05) is 167 Å². The van der Waals surface area contributed by atoms with Gasteiger partial charge in [-0.15, -0.1) is 0 Å². The van der Waals surface area contributed by atoms with Gasteiger partial charge in [-0.3, -0.25) is 23.4 Å². The average Bonchev–Trinajstić information content (AvgIpc) is 3.14. The van der Waals surface area contributed by atoms with Crippen molar-refractivity contribution in [3.63, 3.8) is 0 Å². The standard InChI is InChI=1S/C42H80NO10P/c1-3-5-7-9-11-13-15-17-19-21-23-25-27-29-31-33-40(44)50-35-38(36-51-54(48,49)52-37-39(43)42(46)47)53-41(45)34-32-30-28-26-24-22-20-18-16-14-12-10-8-6-4-2/h17,19,38-39H,3-16,18,20-37,43H2,1-2H3,(H,46,47)(H,48,49)/b19-17+/t38-,39+/m1/s1. The van der Waals surface area contributed by atoms with Crippen LogP contribution in [0, 0.1) is 0 Å². The van der Waals surface area contributed by atoms with Crippen molar-refractivity contribution >= 4 is 25.7 Å². The first-order valence-corrected chi connectivity index (χ1v) is 23.2. The molecule has 1 unspecified atom stereocenters. The number of phosphoric acid groups is 1. The maximum atomic E-state index is 12.6. The molecule has 0 aliphatic carbocycles. The van der Waals surface area contributed by atoms with Crippen molar-refractivity contribution in [2.75, 3.05) is 19.8 Å². The smallest absolute Gasteiger partial charge is 0.472 e. The zero-order chi connectivity index (χ0) is 40.0. The fourth-order valence-corrected chi connectivity index (χ4v) is 6.84. The van der Waals surface area contributed by atoms with E-state index in [0.717, 1.165) is 57.8 Å². The lowest BCUT2D eigenvalue weighted by molar-refractivity contribution is -0.161. The molecule has 0 saturated heterocycles. The molecule has 318 valence electrons. The van der Waals surface area contributed by atoms with Gasteiger partial charge in [0, 0.05) is 12.8 Å². The number of aliphatic carboxylic acids is 1. The van der Waals surface area contributed by atoms with Crippen LogP contribution < -0.4 is 5.73 Å². The van der Waals surface area contributed by atoms with Crippen LogP contribution in [-0.2, 0) is 37.5 Å². The number of allylic oxidation sites excluding steroid dienone is 2. The molecule has 0 bridgehead atoms. The summed E-state index contributed by atoms with van der Waals surface area (Å²) in [5.41, 5.74) is 5.33. The van der Waals surface area contributed by atoms with Gasteiger partial charge < -0.3 is 25.2 Å². The van der Waals surface area contributed by atoms with Crippen molar-refractivity contribution < 1.29 is 47.5 Å². The number of unbranched alkanes of at least 4 members (excludes halogenated alkanes) is 25. The van der Waals surface area contributed by atoms with Crippen molar-refractivity contribution in [3.8, 4) is 0 Å². The fourth-order valence-electron chi connectivity index (χ4n) is 6.06. The summed E-state index contributed by atoms with van der Waals surface area (Å²) in [5, 5.41) is 8.88. The Morgan fingerprint density at radius 3 is 1.35 bits per heavy atom. The molecule has 0 aliphatic heterocycles. The summed E-state index contributed by atoms with van der Waals surface area (Å²) in [7, 11) is -4.71. The molecule has 0 aromatic rings. The highest BCUT2D eigenvalue weighted by Gasteiger charge is 2.28. The first kappa shape index (κ1) is 52.2. The lowest BCUT2D eigenvalue weighted by Gasteiger charge is -2.20. The van der Waals surface area contributed by atoms with E-state index in [1.807, 2.05) is 0 Å². The van der Waals surface area contributed by atoms with Crippen LogP contribution >= 0.6 is 7.82 Å². The van der Waals surface area contributed by atoms with Crippen LogP contribution in [0.25, 0.3) is 0 Å². The number of ether oxygens (including phenoxy) is 2. The third-order valence-electron chi connectivity index (χ3n) is 9.51. The summed E-state index contributed by atoms with van der Waals surface area (Å²) in [6, 6.07) is -1.52. The topological polar surface area (TPSA) is 172 Å². The Balaban J connectivity index is 4.35. The number of rotatable bonds is 41. The molecule has 0 heterocycles. The molecule has 0 amide bonds. The summed E-state index contributed by atoms with van der Waals surface area (Å²) < 4.78 is 32.7. The third-order valence-corrected chi connectivity index (χ3v) is 10.5. The first-order chi connectivity index (χ1) is 26.1. The highest BCUT2D eigenvalue weighted by atomic mass is 31.2. The van der Waals surface area contributed by atoms with Gasteiger partial charge >= 0.3 is 25.7 Å². The van der Waals surface area contributed by atoms with Gasteiger partial charge in [0.05, 0.1) is 13.2 Å². The van der Waals surface area contributed by atoms with Gasteiger partial charge in [-0.05, 0) is 38.5 Å². The normalized spacial score (nSPS) is 13.9. The lowest BCUT2D eigenvalue weighted by atomic mass is 10.0. The number of phosphoric ester groups is 1. The van der Waals surface area contributed by atoms with Gasteiger partial charge in [-0.25, -0.2) is 4.57 Å². The second-order valence-electron chi connectivity index (χ2n) is 14.8. The van der Waals surface area contributed by atoms with Gasteiger partial charge in [-0.2, -0.15) is 0 Å². The monoisotopic (exact) mass is 790 g/mol. The second-order valence-corrected chi connectivity index (χ2v) is 16.3. The average molecular weight is 790 g/mol. The molecule has 0 rings (SSSR count). The molecule has 0 spiro atoms. The van der Waals surface area contributed by atoms with Crippen molar-refractivity contribution in [1.82, 2.24) is 0 Å². The van der Waals surface area contributed by atoms with E-state index in [1.54, 1.807) is 0 Å². The minimum absolute atomic E-state index is 0.165. The van der Waals surface area contributed by atoms with Gasteiger partial charge in [0.2, 0.25) is 0 Å². The highest BCUT2D eigenvalue weighted by molar-refractivity contribution is 7.47. The minimum Gasteiger partial charge on any atom is -0.480 e. The van der Waals surface area contributed by atoms with Crippen LogP contribution in [-0.4, -0.2) is 59.9 Å². The van der Waals surface area contributed by atoms with E-state index in [9.17, 15) is 23.8 Å². The Labute approximate surface area is 328 Å². The molecule has 0 fully saturated rings. The molecule has 3 atom stereocenters. The van der Waals surface area contributed by atoms with Crippen LogP contribution in [0.2, 0.25) is 0 Å². The SMILES string of the molecule is CCCCCCCC/C=C/CCCCCCCC(=O)OC[C@H](COP(=O)(O)OC[C@H](N)C(=O)O)OC(=O)CCCCCCCCCCCCCCCCC. The Bertz CT molecular complexity index is 979. The van der Waals surface area contributed by atoms with Crippen molar-refractivity contribution in [1.29, 1.82) is 0 Å². The summed E-state index contributed by atoms with van der Waals surface area (Å²) in [4.78, 5) is 45.9. The number of hydrogen-bond donors (Lipinski definition) is 3. The van der Waals surface area contributed by atoms with E-state index in [-0.39, 0.29) is 19.4 Å². The number of esters is 2. The Hall–Kier alpha value is -1.78. The first-order valence-electron chi connectivity index (χ1n) is 21.7. The molecular formula is C42H80NO10P. The largest absolute Gasteiger partial charge is 0.480 e. The molecule has 0 aromatic carbocycles. The van der Waals surface area contributed by atoms with Crippen LogP contribution in [0.3, 0.4) is 0 Å². The van der Waals surface area contributed by atoms with Crippen molar-refractivity contribution in [2.24, 2.45) is 5.73 Å². The third kappa shape index (κ3) is 37.2. The van der Waals surface area contributed by atoms with Crippen molar-refractivity contribution in [3.05, 3.63) is 12.2 Å². The zero-order valence-electron chi connectivity index (χ0n) is 34.3. The summed E-state index contributed by atoms with van der Waals surface area (Å²) >= 11 is 0. The van der Waals surface area contributed by atoms with Gasteiger partial charge in [0.25, 0.3) is 0 Å². The molecule has 54 heavy (non-hydrogen) atoms. The summed E-state index contributed by atoms with van der Waals surface area (Å²) in [5.74, 6) is -2.38. The quantitative estimate of drug-likeness (QED) is 0.0233. The Kier molecular flexibility index (Phi) is 36.9. The molecule has 0 radical (unpaired) electrons. The molecule has 0 aliphatic rings. The zero-order valence-corrected chi connectivity index (χ0v) is 35.2. The molecule has 12 heteroatoms. The van der Waals surface area contributed by atoms with E-state index in [4.69, 9.17) is 24.8 Å². The van der Waals surface area contributed by atoms with Crippen LogP contribution in [0.1, 0.15) is 206 Å². The Morgan fingerprint density at radius 2 is 0.926 bits per heavy atom. The maximum absolute atomic E-state index is 12.6. The predicted molar refractivity (Wildman–Crippen MR) is 217 cm³/mol. The van der Waals surface area contributed by atoms with Gasteiger partial charge in [0.1, 0.15) is 12.6 Å². The molecule has 0 aromatic heterocycles. The number of carboxylic acid groups (broad SMARTS) is 1. The molecule has 0 saturated carbocycles.